The van der Waals surface area contributed by atoms with Gasteiger partial charge in [0.1, 0.15) is 5.84 Å². The van der Waals surface area contributed by atoms with E-state index in [2.05, 4.69) is 15.6 Å². The lowest BCUT2D eigenvalue weighted by Crippen LogP contribution is -2.22. The van der Waals surface area contributed by atoms with E-state index in [9.17, 15) is 4.79 Å². The summed E-state index contributed by atoms with van der Waals surface area (Å²) in [5.74, 6) is 0.626. The zero-order chi connectivity index (χ0) is 14.7. The Bertz CT molecular complexity index is 712. The number of aliphatic imine (C=N–C) groups is 1. The van der Waals surface area contributed by atoms with Crippen molar-refractivity contribution in [1.82, 2.24) is 5.32 Å². The molecule has 0 saturated heterocycles. The van der Waals surface area contributed by atoms with E-state index in [0.29, 0.717) is 10.6 Å². The predicted octanol–water partition coefficient (Wildman–Crippen LogP) is 2.94. The Morgan fingerprint density at radius 2 is 2.05 bits per heavy atom. The molecule has 21 heavy (non-hydrogen) atoms. The molecule has 1 aliphatic rings. The highest BCUT2D eigenvalue weighted by Crippen LogP contribution is 2.18. The molecule has 0 radical (unpaired) electrons. The van der Waals surface area contributed by atoms with E-state index in [4.69, 9.17) is 11.6 Å². The number of hydrogen-bond donors (Lipinski definition) is 2. The quantitative estimate of drug-likeness (QED) is 0.915. The van der Waals surface area contributed by atoms with Crippen LogP contribution in [-0.2, 0) is 0 Å². The van der Waals surface area contributed by atoms with E-state index in [0.717, 1.165) is 30.2 Å². The van der Waals surface area contributed by atoms with Gasteiger partial charge in [0.25, 0.3) is 5.91 Å². The van der Waals surface area contributed by atoms with Crippen LogP contribution in [0.5, 0.6) is 0 Å². The van der Waals surface area contributed by atoms with E-state index in [1.807, 2.05) is 24.3 Å². The second kappa shape index (κ2) is 5.97. The molecule has 0 bridgehead atoms. The molecule has 0 spiro atoms. The zero-order valence-electron chi connectivity index (χ0n) is 11.3. The van der Waals surface area contributed by atoms with E-state index in [1.165, 1.54) is 0 Å². The third-order valence-electron chi connectivity index (χ3n) is 3.19. The van der Waals surface area contributed by atoms with Crippen molar-refractivity contribution in [2.24, 2.45) is 4.99 Å². The first-order valence-corrected chi connectivity index (χ1v) is 7.06. The van der Waals surface area contributed by atoms with Crippen molar-refractivity contribution in [3.8, 4) is 0 Å². The van der Waals surface area contributed by atoms with Gasteiger partial charge in [0.15, 0.2) is 0 Å². The Labute approximate surface area is 127 Å². The molecule has 3 rings (SSSR count). The van der Waals surface area contributed by atoms with Gasteiger partial charge in [-0.05, 0) is 30.3 Å². The van der Waals surface area contributed by atoms with Crippen LogP contribution in [0.3, 0.4) is 0 Å². The van der Waals surface area contributed by atoms with Crippen LogP contribution in [0.25, 0.3) is 0 Å². The summed E-state index contributed by atoms with van der Waals surface area (Å²) in [6.45, 7) is 1.58. The average molecular weight is 300 g/mol. The number of benzene rings is 2. The monoisotopic (exact) mass is 299 g/mol. The summed E-state index contributed by atoms with van der Waals surface area (Å²) in [4.78, 5) is 16.7. The van der Waals surface area contributed by atoms with E-state index < -0.39 is 0 Å². The molecule has 0 saturated carbocycles. The number of nitrogens with one attached hydrogen (secondary N) is 2. The number of carbonyl (C=O) groups is 1. The number of halogens is 1. The highest BCUT2D eigenvalue weighted by Gasteiger charge is 2.14. The lowest BCUT2D eigenvalue weighted by Gasteiger charge is -2.11. The highest BCUT2D eigenvalue weighted by atomic mass is 35.5. The fourth-order valence-electron chi connectivity index (χ4n) is 2.20. The maximum absolute atomic E-state index is 12.3. The summed E-state index contributed by atoms with van der Waals surface area (Å²) >= 11 is 5.92. The SMILES string of the molecule is O=C(Nc1ccccc1C1=NCCN1)c1cccc(Cl)c1. The third-order valence-corrected chi connectivity index (χ3v) is 3.43. The number of hydrogen-bond acceptors (Lipinski definition) is 3. The van der Waals surface area contributed by atoms with Gasteiger partial charge in [-0.15, -0.1) is 0 Å². The highest BCUT2D eigenvalue weighted by molar-refractivity contribution is 6.31. The Morgan fingerprint density at radius 1 is 1.19 bits per heavy atom. The number of amidine groups is 1. The smallest absolute Gasteiger partial charge is 0.255 e. The first kappa shape index (κ1) is 13.6. The minimum Gasteiger partial charge on any atom is -0.368 e. The Hall–Kier alpha value is -2.33. The molecular formula is C16H14ClN3O. The van der Waals surface area contributed by atoms with Crippen LogP contribution in [0.4, 0.5) is 5.69 Å². The minimum absolute atomic E-state index is 0.191. The molecule has 5 heteroatoms. The van der Waals surface area contributed by atoms with Crippen molar-refractivity contribution in [3.05, 3.63) is 64.7 Å². The summed E-state index contributed by atoms with van der Waals surface area (Å²) in [7, 11) is 0. The molecule has 106 valence electrons. The molecule has 2 N–H and O–H groups in total. The van der Waals surface area contributed by atoms with Crippen LogP contribution in [0.15, 0.2) is 53.5 Å². The van der Waals surface area contributed by atoms with Crippen LogP contribution in [-0.4, -0.2) is 24.8 Å². The molecule has 2 aromatic rings. The van der Waals surface area contributed by atoms with E-state index in [1.54, 1.807) is 24.3 Å². The van der Waals surface area contributed by atoms with Crippen molar-refractivity contribution in [1.29, 1.82) is 0 Å². The summed E-state index contributed by atoms with van der Waals surface area (Å²) in [5, 5.41) is 6.67. The first-order valence-electron chi connectivity index (χ1n) is 6.69. The molecule has 0 aromatic heterocycles. The lowest BCUT2D eigenvalue weighted by atomic mass is 10.1. The minimum atomic E-state index is -0.191. The Kier molecular flexibility index (Phi) is 3.88. The average Bonchev–Trinajstić information content (AvgIpc) is 3.02. The van der Waals surface area contributed by atoms with Gasteiger partial charge in [0, 0.05) is 22.7 Å². The van der Waals surface area contributed by atoms with Gasteiger partial charge in [0.05, 0.1) is 12.2 Å². The normalized spacial score (nSPS) is 13.5. The van der Waals surface area contributed by atoms with Crippen LogP contribution >= 0.6 is 11.6 Å². The van der Waals surface area contributed by atoms with E-state index in [-0.39, 0.29) is 5.91 Å². The second-order valence-corrected chi connectivity index (χ2v) is 5.10. The van der Waals surface area contributed by atoms with Crippen molar-refractivity contribution in [3.63, 3.8) is 0 Å². The number of amides is 1. The Balaban J connectivity index is 1.86. The molecule has 0 aliphatic carbocycles. The maximum Gasteiger partial charge on any atom is 0.255 e. The molecule has 4 nitrogen and oxygen atoms in total. The summed E-state index contributed by atoms with van der Waals surface area (Å²) in [6, 6.07) is 14.5. The molecular weight excluding hydrogens is 286 g/mol. The number of rotatable bonds is 3. The van der Waals surface area contributed by atoms with Crippen LogP contribution in [0, 0.1) is 0 Å². The maximum atomic E-state index is 12.3. The predicted molar refractivity (Wildman–Crippen MR) is 85.3 cm³/mol. The van der Waals surface area contributed by atoms with Crippen LogP contribution in [0.2, 0.25) is 5.02 Å². The van der Waals surface area contributed by atoms with Gasteiger partial charge in [-0.2, -0.15) is 0 Å². The molecule has 1 heterocycles. The van der Waals surface area contributed by atoms with Gasteiger partial charge in [-0.3, -0.25) is 9.79 Å². The van der Waals surface area contributed by atoms with Gasteiger partial charge >= 0.3 is 0 Å². The molecule has 0 unspecified atom stereocenters. The van der Waals surface area contributed by atoms with Crippen molar-refractivity contribution >= 4 is 29.0 Å². The van der Waals surface area contributed by atoms with Crippen LogP contribution < -0.4 is 10.6 Å². The number of para-hydroxylation sites is 1. The van der Waals surface area contributed by atoms with Gasteiger partial charge < -0.3 is 10.6 Å². The van der Waals surface area contributed by atoms with Gasteiger partial charge in [0.2, 0.25) is 0 Å². The second-order valence-electron chi connectivity index (χ2n) is 4.67. The molecule has 1 amide bonds. The molecule has 1 aliphatic heterocycles. The number of nitrogens with zero attached hydrogens (tertiary/aromatic N) is 1. The van der Waals surface area contributed by atoms with Crippen molar-refractivity contribution in [2.45, 2.75) is 0 Å². The Morgan fingerprint density at radius 3 is 2.81 bits per heavy atom. The number of anilines is 1. The van der Waals surface area contributed by atoms with Crippen molar-refractivity contribution < 1.29 is 4.79 Å². The fraction of sp³-hybridized carbons (Fsp3) is 0.125. The largest absolute Gasteiger partial charge is 0.368 e. The summed E-state index contributed by atoms with van der Waals surface area (Å²) in [6.07, 6.45) is 0. The standard InChI is InChI=1S/C16H14ClN3O/c17-12-5-3-4-11(10-12)16(21)20-14-7-2-1-6-13(14)15-18-8-9-19-15/h1-7,10H,8-9H2,(H,18,19)(H,20,21). The zero-order valence-corrected chi connectivity index (χ0v) is 12.0. The summed E-state index contributed by atoms with van der Waals surface area (Å²) in [5.41, 5.74) is 2.15. The molecule has 2 aromatic carbocycles. The molecule has 0 fully saturated rings. The molecule has 0 atom stereocenters. The fourth-order valence-corrected chi connectivity index (χ4v) is 2.39. The van der Waals surface area contributed by atoms with E-state index >= 15 is 0 Å². The first-order chi connectivity index (χ1) is 10.2. The van der Waals surface area contributed by atoms with Crippen molar-refractivity contribution in [2.75, 3.05) is 18.4 Å². The lowest BCUT2D eigenvalue weighted by molar-refractivity contribution is 0.102. The van der Waals surface area contributed by atoms with Crippen LogP contribution in [0.1, 0.15) is 15.9 Å². The summed E-state index contributed by atoms with van der Waals surface area (Å²) < 4.78 is 0. The number of carbonyl (C=O) groups excluding carboxylic acids is 1. The van der Waals surface area contributed by atoms with Gasteiger partial charge in [-0.25, -0.2) is 0 Å². The topological polar surface area (TPSA) is 53.5 Å². The third kappa shape index (κ3) is 3.06. The van der Waals surface area contributed by atoms with Gasteiger partial charge in [-0.1, -0.05) is 29.8 Å².